The number of benzene rings is 2. The number of imidazole rings is 1. The monoisotopic (exact) mass is 364 g/mol. The van der Waals surface area contributed by atoms with Gasteiger partial charge in [0, 0.05) is 0 Å². The molecule has 0 bridgehead atoms. The lowest BCUT2D eigenvalue weighted by Crippen LogP contribution is -2.25. The maximum atomic E-state index is 13.2. The van der Waals surface area contributed by atoms with Crippen LogP contribution in [0.4, 0.5) is 13.2 Å². The molecule has 0 amide bonds. The molecule has 1 heterocycles. The Morgan fingerprint density at radius 2 is 1.81 bits per heavy atom. The molecule has 0 radical (unpaired) electrons. The van der Waals surface area contributed by atoms with Crippen molar-refractivity contribution in [3.05, 3.63) is 48.3 Å². The fourth-order valence-electron chi connectivity index (χ4n) is 2.83. The van der Waals surface area contributed by atoms with Crippen molar-refractivity contribution < 1.29 is 23.0 Å². The number of nitrogens with zero attached hydrogens (tertiary/aromatic N) is 2. The van der Waals surface area contributed by atoms with Crippen LogP contribution in [0, 0.1) is 0 Å². The maximum absolute atomic E-state index is 13.2. The van der Waals surface area contributed by atoms with Gasteiger partial charge in [0.05, 0.1) is 42.2 Å². The maximum Gasteiger partial charge on any atom is 0.416 e. The number of alkyl halides is 3. The standard InChI is InChI=1S/C19H19F3N2O2/c1-18(2,25)10-24-11-23-16-5-4-12(8-17(16)24)13-6-14(19(20,21)22)9-15(7-13)26-3/h4-9,11,25H,10H2,1-3H3. The summed E-state index contributed by atoms with van der Waals surface area (Å²) in [5, 5.41) is 10.0. The second kappa shape index (κ2) is 6.32. The summed E-state index contributed by atoms with van der Waals surface area (Å²) < 4.78 is 46.3. The number of methoxy groups -OCH3 is 1. The van der Waals surface area contributed by atoms with Crippen molar-refractivity contribution in [2.75, 3.05) is 7.11 Å². The third kappa shape index (κ3) is 3.83. The van der Waals surface area contributed by atoms with Crippen molar-refractivity contribution in [2.45, 2.75) is 32.2 Å². The molecule has 0 atom stereocenters. The van der Waals surface area contributed by atoms with Crippen molar-refractivity contribution in [2.24, 2.45) is 0 Å². The minimum Gasteiger partial charge on any atom is -0.497 e. The molecule has 3 rings (SSSR count). The summed E-state index contributed by atoms with van der Waals surface area (Å²) in [5.74, 6) is 0.139. The zero-order chi connectivity index (χ0) is 19.1. The summed E-state index contributed by atoms with van der Waals surface area (Å²) in [4.78, 5) is 4.28. The van der Waals surface area contributed by atoms with Crippen LogP contribution in [0.1, 0.15) is 19.4 Å². The first-order valence-corrected chi connectivity index (χ1v) is 8.01. The number of rotatable bonds is 4. The van der Waals surface area contributed by atoms with Gasteiger partial charge in [-0.3, -0.25) is 0 Å². The average molecular weight is 364 g/mol. The molecule has 0 unspecified atom stereocenters. The summed E-state index contributed by atoms with van der Waals surface area (Å²) in [6.07, 6.45) is -2.85. The van der Waals surface area contributed by atoms with Gasteiger partial charge >= 0.3 is 6.18 Å². The fraction of sp³-hybridized carbons (Fsp3) is 0.316. The molecule has 0 aliphatic carbocycles. The lowest BCUT2D eigenvalue weighted by atomic mass is 10.0. The van der Waals surface area contributed by atoms with Crippen molar-refractivity contribution in [1.29, 1.82) is 0 Å². The van der Waals surface area contributed by atoms with E-state index in [-0.39, 0.29) is 5.75 Å². The second-order valence-electron chi connectivity index (χ2n) is 6.84. The molecule has 0 fully saturated rings. The SMILES string of the molecule is COc1cc(-c2ccc3ncn(CC(C)(C)O)c3c2)cc(C(F)(F)F)c1. The number of hydrogen-bond donors (Lipinski definition) is 1. The highest BCUT2D eigenvalue weighted by Crippen LogP contribution is 2.36. The Hall–Kier alpha value is -2.54. The van der Waals surface area contributed by atoms with Gasteiger partial charge in [0.1, 0.15) is 5.75 Å². The van der Waals surface area contributed by atoms with Crippen LogP contribution in [0.5, 0.6) is 5.75 Å². The van der Waals surface area contributed by atoms with E-state index in [9.17, 15) is 18.3 Å². The Bertz CT molecular complexity index is 940. The first kappa shape index (κ1) is 18.3. The zero-order valence-electron chi connectivity index (χ0n) is 14.6. The third-order valence-corrected chi connectivity index (χ3v) is 3.98. The summed E-state index contributed by atoms with van der Waals surface area (Å²) >= 11 is 0. The summed E-state index contributed by atoms with van der Waals surface area (Å²) in [6, 6.07) is 8.87. The van der Waals surface area contributed by atoms with E-state index in [4.69, 9.17) is 4.74 Å². The predicted molar refractivity (Wildman–Crippen MR) is 93.0 cm³/mol. The molecule has 0 saturated carbocycles. The third-order valence-electron chi connectivity index (χ3n) is 3.98. The largest absolute Gasteiger partial charge is 0.497 e. The predicted octanol–water partition coefficient (Wildman–Crippen LogP) is 4.50. The molecular formula is C19H19F3N2O2. The Labute approximate surface area is 148 Å². The molecule has 0 saturated heterocycles. The first-order valence-electron chi connectivity index (χ1n) is 8.01. The Morgan fingerprint density at radius 1 is 1.08 bits per heavy atom. The minimum absolute atomic E-state index is 0.139. The molecule has 2 aromatic carbocycles. The average Bonchev–Trinajstić information content (AvgIpc) is 2.94. The van der Waals surface area contributed by atoms with Gasteiger partial charge in [-0.1, -0.05) is 6.07 Å². The number of ether oxygens (including phenoxy) is 1. The Kier molecular flexibility index (Phi) is 4.44. The van der Waals surface area contributed by atoms with Gasteiger partial charge in [0.15, 0.2) is 0 Å². The molecule has 3 aromatic rings. The van der Waals surface area contributed by atoms with E-state index in [1.54, 1.807) is 49.0 Å². The summed E-state index contributed by atoms with van der Waals surface area (Å²) in [7, 11) is 1.33. The molecule has 138 valence electrons. The van der Waals surface area contributed by atoms with E-state index in [0.717, 1.165) is 17.6 Å². The molecule has 0 aliphatic rings. The first-order chi connectivity index (χ1) is 12.1. The number of hydrogen-bond acceptors (Lipinski definition) is 3. The van der Waals surface area contributed by atoms with Crippen LogP contribution in [0.3, 0.4) is 0 Å². The van der Waals surface area contributed by atoms with Crippen molar-refractivity contribution in [1.82, 2.24) is 9.55 Å². The van der Waals surface area contributed by atoms with Gasteiger partial charge in [-0.05, 0) is 55.3 Å². The van der Waals surface area contributed by atoms with Crippen molar-refractivity contribution in [3.8, 4) is 16.9 Å². The van der Waals surface area contributed by atoms with E-state index in [0.29, 0.717) is 23.2 Å². The van der Waals surface area contributed by atoms with E-state index in [2.05, 4.69) is 4.98 Å². The highest BCUT2D eigenvalue weighted by molar-refractivity contribution is 5.82. The van der Waals surface area contributed by atoms with Gasteiger partial charge in [-0.25, -0.2) is 4.98 Å². The minimum atomic E-state index is -4.46. The molecule has 26 heavy (non-hydrogen) atoms. The van der Waals surface area contributed by atoms with Gasteiger partial charge < -0.3 is 14.4 Å². The smallest absolute Gasteiger partial charge is 0.416 e. The van der Waals surface area contributed by atoms with Gasteiger partial charge in [-0.2, -0.15) is 13.2 Å². The highest BCUT2D eigenvalue weighted by atomic mass is 19.4. The quantitative estimate of drug-likeness (QED) is 0.741. The lowest BCUT2D eigenvalue weighted by molar-refractivity contribution is -0.137. The van der Waals surface area contributed by atoms with Crippen LogP contribution in [0.15, 0.2) is 42.7 Å². The van der Waals surface area contributed by atoms with E-state index in [1.165, 1.54) is 7.11 Å². The van der Waals surface area contributed by atoms with E-state index >= 15 is 0 Å². The normalized spacial score (nSPS) is 12.6. The zero-order valence-corrected chi connectivity index (χ0v) is 14.6. The summed E-state index contributed by atoms with van der Waals surface area (Å²) in [6.45, 7) is 3.68. The Balaban J connectivity index is 2.12. The summed E-state index contributed by atoms with van der Waals surface area (Å²) in [5.41, 5.74) is 0.743. The van der Waals surface area contributed by atoms with Crippen LogP contribution in [0.25, 0.3) is 22.2 Å². The van der Waals surface area contributed by atoms with E-state index in [1.807, 2.05) is 0 Å². The number of aliphatic hydroxyl groups is 1. The second-order valence-corrected chi connectivity index (χ2v) is 6.84. The van der Waals surface area contributed by atoms with Crippen LogP contribution in [-0.2, 0) is 12.7 Å². The molecule has 0 aliphatic heterocycles. The van der Waals surface area contributed by atoms with Gasteiger partial charge in [0.25, 0.3) is 0 Å². The topological polar surface area (TPSA) is 47.3 Å². The molecular weight excluding hydrogens is 345 g/mol. The highest BCUT2D eigenvalue weighted by Gasteiger charge is 2.31. The van der Waals surface area contributed by atoms with Gasteiger partial charge in [-0.15, -0.1) is 0 Å². The van der Waals surface area contributed by atoms with E-state index < -0.39 is 17.3 Å². The Morgan fingerprint density at radius 3 is 2.42 bits per heavy atom. The molecule has 7 heteroatoms. The van der Waals surface area contributed by atoms with Crippen LogP contribution >= 0.6 is 0 Å². The molecule has 1 N–H and O–H groups in total. The van der Waals surface area contributed by atoms with Crippen LogP contribution in [-0.4, -0.2) is 27.4 Å². The number of halogens is 3. The van der Waals surface area contributed by atoms with Crippen molar-refractivity contribution >= 4 is 11.0 Å². The van der Waals surface area contributed by atoms with Crippen molar-refractivity contribution in [3.63, 3.8) is 0 Å². The number of fused-ring (bicyclic) bond motifs is 1. The molecule has 1 aromatic heterocycles. The lowest BCUT2D eigenvalue weighted by Gasteiger charge is -2.18. The van der Waals surface area contributed by atoms with Gasteiger partial charge in [0.2, 0.25) is 0 Å². The molecule has 0 spiro atoms. The number of aromatic nitrogens is 2. The van der Waals surface area contributed by atoms with Crippen LogP contribution < -0.4 is 4.74 Å². The van der Waals surface area contributed by atoms with Crippen LogP contribution in [0.2, 0.25) is 0 Å². The fourth-order valence-corrected chi connectivity index (χ4v) is 2.83. The molecule has 4 nitrogen and oxygen atoms in total.